The van der Waals surface area contributed by atoms with E-state index in [4.69, 9.17) is 10.8 Å². The van der Waals surface area contributed by atoms with E-state index in [1.54, 1.807) is 26.0 Å². The van der Waals surface area contributed by atoms with Crippen LogP contribution in [0.5, 0.6) is 5.75 Å². The van der Waals surface area contributed by atoms with Crippen LogP contribution in [0.1, 0.15) is 52.5 Å². The third-order valence-corrected chi connectivity index (χ3v) is 5.86. The highest BCUT2D eigenvalue weighted by Crippen LogP contribution is 2.13. The molecule has 12 nitrogen and oxygen atoms in total. The molecule has 1 aromatic rings. The highest BCUT2D eigenvalue weighted by Gasteiger charge is 2.33. The summed E-state index contributed by atoms with van der Waals surface area (Å²) < 4.78 is 0. The van der Waals surface area contributed by atoms with Gasteiger partial charge in [-0.1, -0.05) is 46.2 Å². The Kier molecular flexibility index (Phi) is 12.5. The Morgan fingerprint density at radius 3 is 1.92 bits per heavy atom. The quantitative estimate of drug-likeness (QED) is 0.169. The number of benzene rings is 1. The molecule has 0 fully saturated rings. The Hall–Kier alpha value is -3.67. The zero-order chi connectivity index (χ0) is 28.3. The number of nitrogens with one attached hydrogen (secondary N) is 3. The number of carbonyl (C=O) groups excluding carboxylic acids is 3. The van der Waals surface area contributed by atoms with Crippen molar-refractivity contribution in [2.45, 2.75) is 77.5 Å². The van der Waals surface area contributed by atoms with Crippen molar-refractivity contribution in [3.63, 3.8) is 0 Å². The maximum atomic E-state index is 13.2. The molecular formula is C25H38N4O8. The van der Waals surface area contributed by atoms with Crippen LogP contribution in [-0.2, 0) is 30.4 Å². The Morgan fingerprint density at radius 1 is 0.865 bits per heavy atom. The summed E-state index contributed by atoms with van der Waals surface area (Å²) >= 11 is 0. The number of amides is 3. The first kappa shape index (κ1) is 31.4. The lowest BCUT2D eigenvalue weighted by molar-refractivity contribution is -0.147. The van der Waals surface area contributed by atoms with E-state index in [-0.39, 0.29) is 24.5 Å². The van der Waals surface area contributed by atoms with Crippen LogP contribution >= 0.6 is 0 Å². The number of carboxylic acid groups (broad SMARTS) is 2. The Labute approximate surface area is 216 Å². The molecule has 0 heterocycles. The Balaban J connectivity index is 3.00. The summed E-state index contributed by atoms with van der Waals surface area (Å²) in [5.74, 6) is -5.33. The number of hydrogen-bond acceptors (Lipinski definition) is 7. The summed E-state index contributed by atoms with van der Waals surface area (Å²) in [6, 6.07) is 1.37. The van der Waals surface area contributed by atoms with Crippen LogP contribution in [0.4, 0.5) is 0 Å². The molecular weight excluding hydrogens is 484 g/mol. The van der Waals surface area contributed by atoms with Crippen LogP contribution in [0.25, 0.3) is 0 Å². The molecule has 3 amide bonds. The molecule has 0 saturated carbocycles. The lowest BCUT2D eigenvalue weighted by atomic mass is 9.96. The van der Waals surface area contributed by atoms with Gasteiger partial charge in [0.05, 0.1) is 12.5 Å². The highest BCUT2D eigenvalue weighted by molar-refractivity contribution is 5.94. The number of nitrogens with two attached hydrogens (primary N) is 1. The minimum absolute atomic E-state index is 0.00722. The van der Waals surface area contributed by atoms with Crippen LogP contribution in [0.2, 0.25) is 0 Å². The lowest BCUT2D eigenvalue weighted by Crippen LogP contribution is -2.59. The average molecular weight is 523 g/mol. The molecule has 5 unspecified atom stereocenters. The Morgan fingerprint density at radius 2 is 1.43 bits per heavy atom. The molecule has 0 radical (unpaired) electrons. The summed E-state index contributed by atoms with van der Waals surface area (Å²) in [5, 5.41) is 35.0. The second-order valence-electron chi connectivity index (χ2n) is 9.54. The van der Waals surface area contributed by atoms with Crippen molar-refractivity contribution < 1.29 is 39.3 Å². The first-order valence-corrected chi connectivity index (χ1v) is 12.1. The summed E-state index contributed by atoms with van der Waals surface area (Å²) in [6.07, 6.45) is 0.0379. The first-order chi connectivity index (χ1) is 17.2. The van der Waals surface area contributed by atoms with Crippen LogP contribution in [-0.4, -0.2) is 69.1 Å². The van der Waals surface area contributed by atoms with Crippen LogP contribution in [0.3, 0.4) is 0 Å². The summed E-state index contributed by atoms with van der Waals surface area (Å²) in [6.45, 7) is 7.16. The zero-order valence-electron chi connectivity index (χ0n) is 21.6. The summed E-state index contributed by atoms with van der Waals surface area (Å²) in [7, 11) is 0. The van der Waals surface area contributed by atoms with Crippen molar-refractivity contribution >= 4 is 29.7 Å². The van der Waals surface area contributed by atoms with E-state index in [0.717, 1.165) is 0 Å². The van der Waals surface area contributed by atoms with Gasteiger partial charge in [-0.3, -0.25) is 19.2 Å². The number of phenols is 1. The van der Waals surface area contributed by atoms with Crippen molar-refractivity contribution in [3.8, 4) is 5.75 Å². The van der Waals surface area contributed by atoms with Gasteiger partial charge >= 0.3 is 11.9 Å². The molecule has 0 spiro atoms. The second kappa shape index (κ2) is 14.8. The summed E-state index contributed by atoms with van der Waals surface area (Å²) in [4.78, 5) is 61.2. The van der Waals surface area contributed by atoms with E-state index in [1.807, 2.05) is 13.8 Å². The largest absolute Gasteiger partial charge is 0.508 e. The van der Waals surface area contributed by atoms with E-state index in [2.05, 4.69) is 16.0 Å². The topological polar surface area (TPSA) is 208 Å². The molecule has 206 valence electrons. The molecule has 1 aromatic carbocycles. The number of carbonyl (C=O) groups is 5. The van der Waals surface area contributed by atoms with E-state index >= 15 is 0 Å². The predicted octanol–water partition coefficient (Wildman–Crippen LogP) is 0.368. The van der Waals surface area contributed by atoms with Gasteiger partial charge in [0.2, 0.25) is 17.7 Å². The number of rotatable bonds is 15. The van der Waals surface area contributed by atoms with Gasteiger partial charge in [0, 0.05) is 0 Å². The first-order valence-electron chi connectivity index (χ1n) is 12.1. The molecule has 37 heavy (non-hydrogen) atoms. The van der Waals surface area contributed by atoms with E-state index < -0.39 is 66.2 Å². The standard InChI is InChI=1S/C25H38N4O8/c1-5-14(4)21(24(35)28-19(25(36)37)12-20(31)32)29-23(34)18(10-13(2)3)27-22(33)17(26)11-15-6-8-16(30)9-7-15/h6-9,13-14,17-19,21,30H,5,10-12,26H2,1-4H3,(H,27,33)(H,28,35)(H,29,34)(H,31,32)(H,36,37). The number of hydrogen-bond donors (Lipinski definition) is 7. The number of carboxylic acids is 2. The third-order valence-electron chi connectivity index (χ3n) is 5.86. The van der Waals surface area contributed by atoms with E-state index in [0.29, 0.717) is 12.0 Å². The van der Waals surface area contributed by atoms with Gasteiger partial charge in [0.25, 0.3) is 0 Å². The van der Waals surface area contributed by atoms with Gasteiger partial charge in [-0.05, 0) is 42.4 Å². The van der Waals surface area contributed by atoms with Crippen molar-refractivity contribution in [2.24, 2.45) is 17.6 Å². The van der Waals surface area contributed by atoms with E-state index in [9.17, 15) is 34.2 Å². The van der Waals surface area contributed by atoms with Gasteiger partial charge in [-0.25, -0.2) is 4.79 Å². The van der Waals surface area contributed by atoms with Crippen LogP contribution in [0, 0.1) is 11.8 Å². The minimum Gasteiger partial charge on any atom is -0.508 e. The molecule has 0 bridgehead atoms. The molecule has 5 atom stereocenters. The minimum atomic E-state index is -1.67. The molecule has 0 aliphatic heterocycles. The normalized spacial score (nSPS) is 15.1. The molecule has 0 aliphatic carbocycles. The van der Waals surface area contributed by atoms with Gasteiger partial charge in [0.15, 0.2) is 0 Å². The molecule has 12 heteroatoms. The molecule has 0 saturated heterocycles. The van der Waals surface area contributed by atoms with Crippen LogP contribution < -0.4 is 21.7 Å². The molecule has 8 N–H and O–H groups in total. The van der Waals surface area contributed by atoms with Gasteiger partial charge < -0.3 is 37.0 Å². The predicted molar refractivity (Wildman–Crippen MR) is 134 cm³/mol. The SMILES string of the molecule is CCC(C)C(NC(=O)C(CC(C)C)NC(=O)C(N)Cc1ccc(O)cc1)C(=O)NC(CC(=O)O)C(=O)O. The maximum absolute atomic E-state index is 13.2. The molecule has 0 aromatic heterocycles. The third kappa shape index (κ3) is 10.9. The fourth-order valence-electron chi connectivity index (χ4n) is 3.55. The van der Waals surface area contributed by atoms with Crippen LogP contribution in [0.15, 0.2) is 24.3 Å². The smallest absolute Gasteiger partial charge is 0.326 e. The van der Waals surface area contributed by atoms with E-state index in [1.165, 1.54) is 12.1 Å². The van der Waals surface area contributed by atoms with Gasteiger partial charge in [0.1, 0.15) is 23.9 Å². The fourth-order valence-corrected chi connectivity index (χ4v) is 3.55. The molecule has 1 rings (SSSR count). The lowest BCUT2D eigenvalue weighted by Gasteiger charge is -2.28. The molecule has 0 aliphatic rings. The zero-order valence-corrected chi connectivity index (χ0v) is 21.6. The average Bonchev–Trinajstić information content (AvgIpc) is 2.81. The Bertz CT molecular complexity index is 951. The maximum Gasteiger partial charge on any atom is 0.326 e. The summed E-state index contributed by atoms with van der Waals surface area (Å²) in [5.41, 5.74) is 6.75. The van der Waals surface area contributed by atoms with Crippen molar-refractivity contribution in [1.82, 2.24) is 16.0 Å². The van der Waals surface area contributed by atoms with Crippen molar-refractivity contribution in [1.29, 1.82) is 0 Å². The van der Waals surface area contributed by atoms with Gasteiger partial charge in [-0.2, -0.15) is 0 Å². The second-order valence-corrected chi connectivity index (χ2v) is 9.54. The van der Waals surface area contributed by atoms with Gasteiger partial charge in [-0.15, -0.1) is 0 Å². The van der Waals surface area contributed by atoms with Crippen molar-refractivity contribution in [3.05, 3.63) is 29.8 Å². The number of aromatic hydroxyl groups is 1. The monoisotopic (exact) mass is 522 g/mol. The number of aliphatic carboxylic acids is 2. The fraction of sp³-hybridized carbons (Fsp3) is 0.560. The number of phenolic OH excluding ortho intramolecular Hbond substituents is 1. The van der Waals surface area contributed by atoms with Crippen molar-refractivity contribution in [2.75, 3.05) is 0 Å². The highest BCUT2D eigenvalue weighted by atomic mass is 16.4.